The molecule has 0 radical (unpaired) electrons. The molecule has 1 N–H and O–H groups in total. The van der Waals surface area contributed by atoms with Crippen LogP contribution in [0.4, 0.5) is 0 Å². The lowest BCUT2D eigenvalue weighted by molar-refractivity contribution is -0.142. The maximum Gasteiger partial charge on any atom is 0.261 e. The van der Waals surface area contributed by atoms with E-state index in [1.165, 1.54) is 0 Å². The fourth-order valence-electron chi connectivity index (χ4n) is 3.28. The Morgan fingerprint density at radius 1 is 1.07 bits per heavy atom. The fourth-order valence-corrected chi connectivity index (χ4v) is 3.28. The first-order valence-corrected chi connectivity index (χ1v) is 9.62. The van der Waals surface area contributed by atoms with Gasteiger partial charge < -0.3 is 15.0 Å². The number of aryl methyl sites for hydroxylation is 3. The average Bonchev–Trinajstić information content (AvgIpc) is 2.66. The van der Waals surface area contributed by atoms with E-state index in [0.717, 1.165) is 22.3 Å². The van der Waals surface area contributed by atoms with Crippen LogP contribution in [0.3, 0.4) is 0 Å². The summed E-state index contributed by atoms with van der Waals surface area (Å²) in [6.07, 6.45) is 0.529. The second-order valence-corrected chi connectivity index (χ2v) is 7.11. The Labute approximate surface area is 167 Å². The molecule has 1 atom stereocenters. The van der Waals surface area contributed by atoms with E-state index < -0.39 is 6.04 Å². The Hall–Kier alpha value is -2.82. The second-order valence-electron chi connectivity index (χ2n) is 7.11. The van der Waals surface area contributed by atoms with Crippen LogP contribution in [0.25, 0.3) is 0 Å². The van der Waals surface area contributed by atoms with Crippen LogP contribution in [-0.2, 0) is 16.1 Å². The molecule has 0 aromatic heterocycles. The van der Waals surface area contributed by atoms with Crippen molar-refractivity contribution in [1.82, 2.24) is 10.2 Å². The molecule has 0 fully saturated rings. The van der Waals surface area contributed by atoms with Gasteiger partial charge in [-0.2, -0.15) is 0 Å². The number of ether oxygens (including phenoxy) is 1. The molecule has 2 aromatic carbocycles. The number of carbonyl (C=O) groups excluding carboxylic acids is 2. The van der Waals surface area contributed by atoms with E-state index >= 15 is 0 Å². The fraction of sp³-hybridized carbons (Fsp3) is 0.391. The quantitative estimate of drug-likeness (QED) is 0.760. The SMILES string of the molecule is CCC(C(=O)NC)N(Cc1cccc(C)c1)C(=O)COc1ccc(C)cc1C. The van der Waals surface area contributed by atoms with Crippen molar-refractivity contribution in [2.45, 2.75) is 46.7 Å². The normalized spacial score (nSPS) is 11.6. The number of hydrogen-bond acceptors (Lipinski definition) is 3. The van der Waals surface area contributed by atoms with Gasteiger partial charge in [0, 0.05) is 13.6 Å². The van der Waals surface area contributed by atoms with Crippen molar-refractivity contribution in [3.8, 4) is 5.75 Å². The maximum absolute atomic E-state index is 13.0. The third-order valence-electron chi connectivity index (χ3n) is 4.75. The molecule has 2 amide bonds. The highest BCUT2D eigenvalue weighted by Gasteiger charge is 2.28. The summed E-state index contributed by atoms with van der Waals surface area (Å²) in [7, 11) is 1.59. The molecule has 0 bridgehead atoms. The Kier molecular flexibility index (Phi) is 7.61. The highest BCUT2D eigenvalue weighted by Crippen LogP contribution is 2.19. The van der Waals surface area contributed by atoms with E-state index in [1.807, 2.05) is 70.2 Å². The topological polar surface area (TPSA) is 58.6 Å². The number of nitrogens with one attached hydrogen (secondary N) is 1. The van der Waals surface area contributed by atoms with Gasteiger partial charge in [-0.05, 0) is 44.4 Å². The Balaban J connectivity index is 2.21. The zero-order chi connectivity index (χ0) is 20.7. The van der Waals surface area contributed by atoms with Gasteiger partial charge in [0.25, 0.3) is 5.91 Å². The van der Waals surface area contributed by atoms with Crippen molar-refractivity contribution < 1.29 is 14.3 Å². The lowest BCUT2D eigenvalue weighted by atomic mass is 10.1. The molecular formula is C23H30N2O3. The second kappa shape index (κ2) is 9.93. The molecule has 0 saturated carbocycles. The van der Waals surface area contributed by atoms with Gasteiger partial charge in [0.15, 0.2) is 6.61 Å². The van der Waals surface area contributed by atoms with Gasteiger partial charge in [0.05, 0.1) is 0 Å². The van der Waals surface area contributed by atoms with Crippen LogP contribution >= 0.6 is 0 Å². The van der Waals surface area contributed by atoms with Crippen LogP contribution in [0.1, 0.15) is 35.6 Å². The summed E-state index contributed by atoms with van der Waals surface area (Å²) >= 11 is 0. The minimum atomic E-state index is -0.541. The van der Waals surface area contributed by atoms with Crippen LogP contribution in [0.15, 0.2) is 42.5 Å². The molecule has 1 unspecified atom stereocenters. The third kappa shape index (κ3) is 5.59. The lowest BCUT2D eigenvalue weighted by Crippen LogP contribution is -2.49. The molecule has 0 aliphatic heterocycles. The predicted molar refractivity (Wildman–Crippen MR) is 111 cm³/mol. The summed E-state index contributed by atoms with van der Waals surface area (Å²) in [6, 6.07) is 13.3. The van der Waals surface area contributed by atoms with E-state index in [-0.39, 0.29) is 18.4 Å². The van der Waals surface area contributed by atoms with E-state index in [4.69, 9.17) is 4.74 Å². The highest BCUT2D eigenvalue weighted by molar-refractivity contribution is 5.88. The summed E-state index contributed by atoms with van der Waals surface area (Å²) in [5.41, 5.74) is 4.23. The highest BCUT2D eigenvalue weighted by atomic mass is 16.5. The molecule has 0 spiro atoms. The summed E-state index contributed by atoms with van der Waals surface area (Å²) in [4.78, 5) is 27.0. The molecule has 150 valence electrons. The number of rotatable bonds is 8. The first kappa shape index (κ1) is 21.5. The minimum Gasteiger partial charge on any atom is -0.483 e. The number of benzene rings is 2. The van der Waals surface area contributed by atoms with Crippen molar-refractivity contribution in [3.05, 3.63) is 64.7 Å². The molecule has 5 nitrogen and oxygen atoms in total. The number of amides is 2. The monoisotopic (exact) mass is 382 g/mol. The van der Waals surface area contributed by atoms with Gasteiger partial charge in [-0.1, -0.05) is 54.4 Å². The largest absolute Gasteiger partial charge is 0.483 e. The minimum absolute atomic E-state index is 0.108. The van der Waals surface area contributed by atoms with E-state index in [2.05, 4.69) is 5.32 Å². The zero-order valence-electron chi connectivity index (χ0n) is 17.4. The van der Waals surface area contributed by atoms with Crippen LogP contribution in [0, 0.1) is 20.8 Å². The molecule has 28 heavy (non-hydrogen) atoms. The van der Waals surface area contributed by atoms with Crippen LogP contribution < -0.4 is 10.1 Å². The molecule has 0 aliphatic carbocycles. The van der Waals surface area contributed by atoms with Crippen LogP contribution in [0.2, 0.25) is 0 Å². The lowest BCUT2D eigenvalue weighted by Gasteiger charge is -2.30. The smallest absolute Gasteiger partial charge is 0.261 e. The first-order chi connectivity index (χ1) is 13.3. The van der Waals surface area contributed by atoms with Crippen molar-refractivity contribution in [2.24, 2.45) is 0 Å². The molecule has 0 saturated heterocycles. The Morgan fingerprint density at radius 2 is 1.79 bits per heavy atom. The van der Waals surface area contributed by atoms with Gasteiger partial charge in [-0.15, -0.1) is 0 Å². The van der Waals surface area contributed by atoms with Gasteiger partial charge in [0.2, 0.25) is 5.91 Å². The summed E-state index contributed by atoms with van der Waals surface area (Å²) in [6.45, 7) is 8.14. The number of hydrogen-bond donors (Lipinski definition) is 1. The number of nitrogens with zero attached hydrogens (tertiary/aromatic N) is 1. The van der Waals surface area contributed by atoms with E-state index in [0.29, 0.717) is 18.7 Å². The van der Waals surface area contributed by atoms with Crippen molar-refractivity contribution in [3.63, 3.8) is 0 Å². The van der Waals surface area contributed by atoms with Gasteiger partial charge in [0.1, 0.15) is 11.8 Å². The third-order valence-corrected chi connectivity index (χ3v) is 4.75. The summed E-state index contributed by atoms with van der Waals surface area (Å²) in [5.74, 6) is 0.300. The summed E-state index contributed by atoms with van der Waals surface area (Å²) in [5, 5.41) is 2.66. The van der Waals surface area contributed by atoms with Crippen molar-refractivity contribution >= 4 is 11.8 Å². The number of carbonyl (C=O) groups is 2. The van der Waals surface area contributed by atoms with Gasteiger partial charge in [-0.25, -0.2) is 0 Å². The van der Waals surface area contributed by atoms with Crippen LogP contribution in [0.5, 0.6) is 5.75 Å². The van der Waals surface area contributed by atoms with E-state index in [1.54, 1.807) is 11.9 Å². The van der Waals surface area contributed by atoms with Gasteiger partial charge >= 0.3 is 0 Å². The predicted octanol–water partition coefficient (Wildman–Crippen LogP) is 3.54. The summed E-state index contributed by atoms with van der Waals surface area (Å²) < 4.78 is 5.78. The molecule has 2 aromatic rings. The van der Waals surface area contributed by atoms with Crippen molar-refractivity contribution in [2.75, 3.05) is 13.7 Å². The maximum atomic E-state index is 13.0. The van der Waals surface area contributed by atoms with Crippen molar-refractivity contribution in [1.29, 1.82) is 0 Å². The van der Waals surface area contributed by atoms with Crippen LogP contribution in [-0.4, -0.2) is 36.4 Å². The molecule has 5 heteroatoms. The molecule has 2 rings (SSSR count). The molecule has 0 aliphatic rings. The molecule has 0 heterocycles. The van der Waals surface area contributed by atoms with E-state index in [9.17, 15) is 9.59 Å². The first-order valence-electron chi connectivity index (χ1n) is 9.62. The number of likely N-dealkylation sites (N-methyl/N-ethyl adjacent to an activating group) is 1. The Bertz CT molecular complexity index is 832. The zero-order valence-corrected chi connectivity index (χ0v) is 17.4. The molecular weight excluding hydrogens is 352 g/mol. The average molecular weight is 383 g/mol. The van der Waals surface area contributed by atoms with Gasteiger partial charge in [-0.3, -0.25) is 9.59 Å². The standard InChI is InChI=1S/C23H30N2O3/c1-6-20(23(27)24-5)25(14-19-9-7-8-16(2)13-19)22(26)15-28-21-11-10-17(3)12-18(21)4/h7-13,20H,6,14-15H2,1-5H3,(H,24,27). The Morgan fingerprint density at radius 3 is 2.39 bits per heavy atom.